The molecule has 140 valence electrons. The van der Waals surface area contributed by atoms with E-state index in [0.29, 0.717) is 17.2 Å². The molecule has 1 aromatic carbocycles. The van der Waals surface area contributed by atoms with Crippen molar-refractivity contribution in [2.75, 3.05) is 5.75 Å². The number of oxazole rings is 1. The number of hydrogen-bond acceptors (Lipinski definition) is 7. The van der Waals surface area contributed by atoms with Crippen LogP contribution in [-0.2, 0) is 4.79 Å². The van der Waals surface area contributed by atoms with Crippen molar-refractivity contribution in [3.63, 3.8) is 0 Å². The topological polar surface area (TPSA) is 71.8 Å². The van der Waals surface area contributed by atoms with Crippen molar-refractivity contribution >= 4 is 45.8 Å². The van der Waals surface area contributed by atoms with Crippen molar-refractivity contribution in [1.29, 1.82) is 0 Å². The summed E-state index contributed by atoms with van der Waals surface area (Å²) in [5.74, 6) is 0.807. The average Bonchev–Trinajstić information content (AvgIpc) is 3.50. The fourth-order valence-electron chi connectivity index (χ4n) is 3.14. The second-order valence-electron chi connectivity index (χ2n) is 6.23. The Balaban J connectivity index is 1.36. The third kappa shape index (κ3) is 3.25. The number of hydrazone groups is 1. The molecule has 0 spiro atoms. The van der Waals surface area contributed by atoms with E-state index < -0.39 is 0 Å². The van der Waals surface area contributed by atoms with Gasteiger partial charge in [-0.2, -0.15) is 5.10 Å². The van der Waals surface area contributed by atoms with Crippen LogP contribution in [0.5, 0.6) is 0 Å². The molecule has 0 aliphatic carbocycles. The van der Waals surface area contributed by atoms with E-state index in [2.05, 4.69) is 10.1 Å². The normalized spacial score (nSPS) is 16.6. The van der Waals surface area contributed by atoms with Crippen LogP contribution in [0.2, 0.25) is 0 Å². The number of thioether (sulfide) groups is 1. The van der Waals surface area contributed by atoms with Gasteiger partial charge >= 0.3 is 0 Å². The van der Waals surface area contributed by atoms with E-state index in [4.69, 9.17) is 8.83 Å². The van der Waals surface area contributed by atoms with Crippen molar-refractivity contribution in [2.45, 2.75) is 17.7 Å². The van der Waals surface area contributed by atoms with Crippen molar-refractivity contribution in [1.82, 2.24) is 9.99 Å². The van der Waals surface area contributed by atoms with Crippen LogP contribution in [0, 0.1) is 0 Å². The molecule has 0 bridgehead atoms. The van der Waals surface area contributed by atoms with Gasteiger partial charge in [-0.05, 0) is 35.7 Å². The maximum Gasteiger partial charge on any atom is 0.257 e. The molecule has 1 atom stereocenters. The lowest BCUT2D eigenvalue weighted by molar-refractivity contribution is -0.130. The van der Waals surface area contributed by atoms with Gasteiger partial charge in [0.1, 0.15) is 17.3 Å². The molecule has 6 nitrogen and oxygen atoms in total. The molecule has 1 aliphatic heterocycles. The van der Waals surface area contributed by atoms with E-state index in [-0.39, 0.29) is 17.7 Å². The number of furan rings is 1. The van der Waals surface area contributed by atoms with Gasteiger partial charge in [-0.1, -0.05) is 30.0 Å². The molecule has 0 saturated heterocycles. The first kappa shape index (κ1) is 17.3. The molecule has 4 heterocycles. The Kier molecular flexibility index (Phi) is 4.50. The zero-order valence-electron chi connectivity index (χ0n) is 14.6. The monoisotopic (exact) mass is 409 g/mol. The summed E-state index contributed by atoms with van der Waals surface area (Å²) >= 11 is 2.89. The third-order valence-corrected chi connectivity index (χ3v) is 6.17. The summed E-state index contributed by atoms with van der Waals surface area (Å²) in [7, 11) is 0. The molecule has 8 heteroatoms. The Labute approximate surface area is 168 Å². The van der Waals surface area contributed by atoms with E-state index in [9.17, 15) is 4.79 Å². The molecule has 4 aromatic rings. The number of benzene rings is 1. The SMILES string of the molecule is O=C(CSc1nc2ccccc2o1)N1N=C(c2cccs2)C[C@H]1c1ccco1. The Morgan fingerprint density at radius 2 is 2.14 bits per heavy atom. The largest absolute Gasteiger partial charge is 0.467 e. The highest BCUT2D eigenvalue weighted by Crippen LogP contribution is 2.35. The molecule has 3 aromatic heterocycles. The number of thiophene rings is 1. The Morgan fingerprint density at radius 1 is 1.21 bits per heavy atom. The number of fused-ring (bicyclic) bond motifs is 1. The quantitative estimate of drug-likeness (QED) is 0.436. The van der Waals surface area contributed by atoms with Gasteiger partial charge < -0.3 is 8.83 Å². The van der Waals surface area contributed by atoms with E-state index in [1.54, 1.807) is 17.6 Å². The van der Waals surface area contributed by atoms with E-state index in [1.807, 2.05) is 53.9 Å². The molecular weight excluding hydrogens is 394 g/mol. The lowest BCUT2D eigenvalue weighted by Crippen LogP contribution is -2.28. The fraction of sp³-hybridized carbons (Fsp3) is 0.150. The second kappa shape index (κ2) is 7.29. The smallest absolute Gasteiger partial charge is 0.257 e. The highest BCUT2D eigenvalue weighted by Gasteiger charge is 2.35. The standard InChI is InChI=1S/C20H15N3O3S2/c24-19(12-28-20-21-13-5-1-2-6-16(13)26-20)23-15(17-7-3-9-25-17)11-14(22-23)18-8-4-10-27-18/h1-10,15H,11-12H2/t15-/m0/s1. The molecule has 28 heavy (non-hydrogen) atoms. The zero-order valence-corrected chi connectivity index (χ0v) is 16.3. The minimum atomic E-state index is -0.233. The molecule has 0 fully saturated rings. The molecule has 1 amide bonds. The molecule has 0 unspecified atom stereocenters. The number of aromatic nitrogens is 1. The van der Waals surface area contributed by atoms with Crippen LogP contribution >= 0.6 is 23.1 Å². The maximum absolute atomic E-state index is 12.9. The Bertz CT molecular complexity index is 1100. The van der Waals surface area contributed by atoms with Crippen molar-refractivity contribution in [3.8, 4) is 0 Å². The van der Waals surface area contributed by atoms with Gasteiger partial charge in [-0.25, -0.2) is 9.99 Å². The van der Waals surface area contributed by atoms with Crippen molar-refractivity contribution in [2.24, 2.45) is 5.10 Å². The highest BCUT2D eigenvalue weighted by molar-refractivity contribution is 7.99. The summed E-state index contributed by atoms with van der Waals surface area (Å²) in [6.45, 7) is 0. The van der Waals surface area contributed by atoms with Crippen LogP contribution in [0.15, 0.2) is 79.3 Å². The lowest BCUT2D eigenvalue weighted by atomic mass is 10.1. The minimum absolute atomic E-state index is 0.111. The van der Waals surface area contributed by atoms with Crippen LogP contribution in [0.3, 0.4) is 0 Å². The minimum Gasteiger partial charge on any atom is -0.467 e. The maximum atomic E-state index is 12.9. The fourth-order valence-corrected chi connectivity index (χ4v) is 4.55. The number of rotatable bonds is 5. The molecule has 0 N–H and O–H groups in total. The number of nitrogens with zero attached hydrogens (tertiary/aromatic N) is 3. The van der Waals surface area contributed by atoms with E-state index >= 15 is 0 Å². The van der Waals surface area contributed by atoms with Gasteiger partial charge in [0.15, 0.2) is 5.58 Å². The number of hydrogen-bond donors (Lipinski definition) is 0. The van der Waals surface area contributed by atoms with Crippen LogP contribution in [0.1, 0.15) is 23.1 Å². The number of carbonyl (C=O) groups excluding carboxylic acids is 1. The molecule has 5 rings (SSSR count). The predicted octanol–water partition coefficient (Wildman–Crippen LogP) is 4.95. The first-order valence-corrected chi connectivity index (χ1v) is 10.6. The molecule has 0 radical (unpaired) electrons. The van der Waals surface area contributed by atoms with Crippen molar-refractivity contribution in [3.05, 3.63) is 70.8 Å². The van der Waals surface area contributed by atoms with Gasteiger partial charge in [0.2, 0.25) is 0 Å². The molecule has 1 aliphatic rings. The van der Waals surface area contributed by atoms with Gasteiger partial charge in [0, 0.05) is 6.42 Å². The lowest BCUT2D eigenvalue weighted by Gasteiger charge is -2.19. The Morgan fingerprint density at radius 3 is 2.93 bits per heavy atom. The van der Waals surface area contributed by atoms with E-state index in [0.717, 1.165) is 21.9 Å². The number of para-hydroxylation sites is 2. The number of carbonyl (C=O) groups is 1. The average molecular weight is 409 g/mol. The summed E-state index contributed by atoms with van der Waals surface area (Å²) in [6, 6.07) is 15.0. The first-order valence-electron chi connectivity index (χ1n) is 8.73. The van der Waals surface area contributed by atoms with Gasteiger partial charge in [0.25, 0.3) is 11.1 Å². The second-order valence-corrected chi connectivity index (χ2v) is 8.11. The molecule has 0 saturated carbocycles. The van der Waals surface area contributed by atoms with Gasteiger partial charge in [0.05, 0.1) is 22.6 Å². The van der Waals surface area contributed by atoms with Crippen LogP contribution < -0.4 is 0 Å². The van der Waals surface area contributed by atoms with Gasteiger partial charge in [-0.3, -0.25) is 4.79 Å². The van der Waals surface area contributed by atoms with Crippen LogP contribution in [-0.4, -0.2) is 27.4 Å². The predicted molar refractivity (Wildman–Crippen MR) is 109 cm³/mol. The van der Waals surface area contributed by atoms with Crippen molar-refractivity contribution < 1.29 is 13.6 Å². The van der Waals surface area contributed by atoms with E-state index in [1.165, 1.54) is 16.8 Å². The number of amides is 1. The molecular formula is C20H15N3O3S2. The van der Waals surface area contributed by atoms with Gasteiger partial charge in [-0.15, -0.1) is 11.3 Å². The first-order chi connectivity index (χ1) is 13.8. The van der Waals surface area contributed by atoms with Crippen LogP contribution in [0.25, 0.3) is 11.1 Å². The highest BCUT2D eigenvalue weighted by atomic mass is 32.2. The summed E-state index contributed by atoms with van der Waals surface area (Å²) in [6.07, 6.45) is 2.25. The summed E-state index contributed by atoms with van der Waals surface area (Å²) in [5, 5.41) is 8.63. The Hall–Kier alpha value is -2.84. The summed E-state index contributed by atoms with van der Waals surface area (Å²) in [5.41, 5.74) is 2.40. The summed E-state index contributed by atoms with van der Waals surface area (Å²) < 4.78 is 11.3. The zero-order chi connectivity index (χ0) is 18.9. The van der Waals surface area contributed by atoms with Crippen LogP contribution in [0.4, 0.5) is 0 Å². The third-order valence-electron chi connectivity index (χ3n) is 4.44. The summed E-state index contributed by atoms with van der Waals surface area (Å²) in [4.78, 5) is 18.4.